The van der Waals surface area contributed by atoms with Crippen molar-refractivity contribution in [1.82, 2.24) is 19.9 Å². The van der Waals surface area contributed by atoms with E-state index in [-0.39, 0.29) is 17.0 Å². The molecule has 2 rings (SSSR count). The van der Waals surface area contributed by atoms with E-state index >= 15 is 0 Å². The van der Waals surface area contributed by atoms with Crippen molar-refractivity contribution in [1.29, 1.82) is 0 Å². The molecule has 0 fully saturated rings. The van der Waals surface area contributed by atoms with Gasteiger partial charge in [-0.05, 0) is 12.1 Å². The third-order valence-electron chi connectivity index (χ3n) is 2.70. The van der Waals surface area contributed by atoms with Crippen LogP contribution in [0.4, 0.5) is 0 Å². The number of rotatable bonds is 6. The van der Waals surface area contributed by atoms with E-state index in [1.54, 1.807) is 6.07 Å². The number of nitrogens with zero attached hydrogens (tertiary/aromatic N) is 2. The number of hydrogen-bond acceptors (Lipinski definition) is 6. The fourth-order valence-corrected chi connectivity index (χ4v) is 2.94. The van der Waals surface area contributed by atoms with Gasteiger partial charge in [-0.1, -0.05) is 12.1 Å². The second-order valence-corrected chi connectivity index (χ2v) is 5.80. The predicted molar refractivity (Wildman–Crippen MR) is 73.1 cm³/mol. The summed E-state index contributed by atoms with van der Waals surface area (Å²) in [6.07, 6.45) is 1.70. The highest BCUT2D eigenvalue weighted by Crippen LogP contribution is 2.16. The second-order valence-electron chi connectivity index (χ2n) is 4.07. The van der Waals surface area contributed by atoms with Crippen molar-refractivity contribution >= 4 is 16.0 Å². The average Bonchev–Trinajstić information content (AvgIpc) is 2.99. The molecule has 0 aliphatic heterocycles. The average molecular weight is 310 g/mol. The van der Waals surface area contributed by atoms with Crippen molar-refractivity contribution in [3.63, 3.8) is 0 Å². The van der Waals surface area contributed by atoms with Gasteiger partial charge in [0.15, 0.2) is 0 Å². The minimum absolute atomic E-state index is 0.00725. The third kappa shape index (κ3) is 3.64. The molecule has 2 aromatic rings. The lowest BCUT2D eigenvalue weighted by atomic mass is 10.2. The molecule has 0 bridgehead atoms. The zero-order valence-corrected chi connectivity index (χ0v) is 12.1. The molecule has 9 heteroatoms. The van der Waals surface area contributed by atoms with Crippen molar-refractivity contribution in [2.24, 2.45) is 0 Å². The van der Waals surface area contributed by atoms with E-state index in [4.69, 9.17) is 0 Å². The Hall–Kier alpha value is -2.26. The fraction of sp³-hybridized carbons (Fsp3) is 0.250. The van der Waals surface area contributed by atoms with Gasteiger partial charge in [0.25, 0.3) is 0 Å². The summed E-state index contributed by atoms with van der Waals surface area (Å²) < 4.78 is 31.5. The van der Waals surface area contributed by atoms with Crippen molar-refractivity contribution in [2.75, 3.05) is 13.7 Å². The molecule has 1 aromatic carbocycles. The first-order valence-corrected chi connectivity index (χ1v) is 7.54. The van der Waals surface area contributed by atoms with E-state index in [2.05, 4.69) is 24.6 Å². The molecule has 0 aliphatic rings. The number of aromatic amines is 1. The van der Waals surface area contributed by atoms with Gasteiger partial charge in [-0.15, -0.1) is 0 Å². The van der Waals surface area contributed by atoms with Crippen LogP contribution in [0.2, 0.25) is 0 Å². The molecular formula is C12H14N4O4S. The van der Waals surface area contributed by atoms with Crippen LogP contribution >= 0.6 is 0 Å². The van der Waals surface area contributed by atoms with Crippen LogP contribution in [-0.2, 0) is 21.2 Å². The number of hydrogen-bond donors (Lipinski definition) is 2. The SMILES string of the molecule is COC(=O)c1ccccc1S(=O)(=O)NCCc1ncn[nH]1. The normalized spacial score (nSPS) is 11.3. The van der Waals surface area contributed by atoms with Gasteiger partial charge in [0, 0.05) is 13.0 Å². The molecule has 0 radical (unpaired) electrons. The molecule has 1 heterocycles. The van der Waals surface area contributed by atoms with E-state index < -0.39 is 16.0 Å². The van der Waals surface area contributed by atoms with E-state index in [9.17, 15) is 13.2 Å². The number of aromatic nitrogens is 3. The first-order chi connectivity index (χ1) is 10.0. The van der Waals surface area contributed by atoms with E-state index in [0.717, 1.165) is 0 Å². The zero-order valence-electron chi connectivity index (χ0n) is 11.2. The monoisotopic (exact) mass is 310 g/mol. The summed E-state index contributed by atoms with van der Waals surface area (Å²) in [6.45, 7) is 0.132. The summed E-state index contributed by atoms with van der Waals surface area (Å²) in [5.74, 6) is -0.134. The molecule has 1 aromatic heterocycles. The summed E-state index contributed by atoms with van der Waals surface area (Å²) in [4.78, 5) is 15.4. The summed E-state index contributed by atoms with van der Waals surface area (Å²) in [6, 6.07) is 5.86. The Morgan fingerprint density at radius 3 is 2.81 bits per heavy atom. The van der Waals surface area contributed by atoms with Crippen LogP contribution in [0, 0.1) is 0 Å². The maximum Gasteiger partial charge on any atom is 0.339 e. The number of carbonyl (C=O) groups is 1. The zero-order chi connectivity index (χ0) is 15.3. The largest absolute Gasteiger partial charge is 0.465 e. The second kappa shape index (κ2) is 6.46. The van der Waals surface area contributed by atoms with Gasteiger partial charge in [-0.25, -0.2) is 22.9 Å². The number of nitrogens with one attached hydrogen (secondary N) is 2. The Kier molecular flexibility index (Phi) is 4.66. The number of sulfonamides is 1. The standard InChI is InChI=1S/C12H14N4O4S/c1-20-12(17)9-4-2-3-5-10(9)21(18,19)15-7-6-11-13-8-14-16-11/h2-5,8,15H,6-7H2,1H3,(H,13,14,16). The molecule has 0 unspecified atom stereocenters. The molecule has 112 valence electrons. The number of methoxy groups -OCH3 is 1. The lowest BCUT2D eigenvalue weighted by Crippen LogP contribution is -2.28. The number of H-pyrrole nitrogens is 1. The van der Waals surface area contributed by atoms with Gasteiger partial charge < -0.3 is 4.74 Å². The summed E-state index contributed by atoms with van der Waals surface area (Å²) in [7, 11) is -2.61. The molecule has 0 spiro atoms. The lowest BCUT2D eigenvalue weighted by Gasteiger charge is -2.09. The molecule has 2 N–H and O–H groups in total. The molecule has 0 amide bonds. The highest BCUT2D eigenvalue weighted by Gasteiger charge is 2.22. The number of ether oxygens (including phenoxy) is 1. The fourth-order valence-electron chi connectivity index (χ4n) is 1.71. The van der Waals surface area contributed by atoms with Crippen LogP contribution in [0.15, 0.2) is 35.5 Å². The van der Waals surface area contributed by atoms with Crippen molar-refractivity contribution < 1.29 is 17.9 Å². The lowest BCUT2D eigenvalue weighted by molar-refractivity contribution is 0.0596. The smallest absolute Gasteiger partial charge is 0.339 e. The first-order valence-electron chi connectivity index (χ1n) is 6.06. The van der Waals surface area contributed by atoms with Gasteiger partial charge in [0.2, 0.25) is 10.0 Å². The molecule has 0 saturated carbocycles. The highest BCUT2D eigenvalue weighted by molar-refractivity contribution is 7.89. The Morgan fingerprint density at radius 2 is 2.14 bits per heavy atom. The molecule has 0 atom stereocenters. The maximum absolute atomic E-state index is 12.2. The number of carbonyl (C=O) groups excluding carboxylic acids is 1. The van der Waals surface area contributed by atoms with E-state index in [0.29, 0.717) is 12.2 Å². The Morgan fingerprint density at radius 1 is 1.38 bits per heavy atom. The van der Waals surface area contributed by atoms with Crippen molar-refractivity contribution in [3.05, 3.63) is 42.0 Å². The van der Waals surface area contributed by atoms with Crippen LogP contribution < -0.4 is 4.72 Å². The number of benzene rings is 1. The third-order valence-corrected chi connectivity index (χ3v) is 4.22. The Bertz CT molecular complexity index is 713. The molecule has 21 heavy (non-hydrogen) atoms. The van der Waals surface area contributed by atoms with E-state index in [1.165, 1.54) is 31.6 Å². The minimum Gasteiger partial charge on any atom is -0.465 e. The minimum atomic E-state index is -3.81. The quantitative estimate of drug-likeness (QED) is 0.732. The van der Waals surface area contributed by atoms with Crippen molar-refractivity contribution in [3.8, 4) is 0 Å². The van der Waals surface area contributed by atoms with Gasteiger partial charge >= 0.3 is 5.97 Å². The van der Waals surface area contributed by atoms with Crippen LogP contribution in [-0.4, -0.2) is 43.2 Å². The van der Waals surface area contributed by atoms with Crippen LogP contribution in [0.5, 0.6) is 0 Å². The van der Waals surface area contributed by atoms with Crippen LogP contribution in [0.1, 0.15) is 16.2 Å². The topological polar surface area (TPSA) is 114 Å². The molecule has 0 saturated heterocycles. The van der Waals surface area contributed by atoms with Crippen molar-refractivity contribution in [2.45, 2.75) is 11.3 Å². The van der Waals surface area contributed by atoms with Gasteiger partial charge in [-0.2, -0.15) is 5.10 Å². The van der Waals surface area contributed by atoms with E-state index in [1.807, 2.05) is 0 Å². The summed E-state index contributed by atoms with van der Waals surface area (Å²) >= 11 is 0. The Labute approximate surface area is 121 Å². The van der Waals surface area contributed by atoms with Gasteiger partial charge in [-0.3, -0.25) is 5.10 Å². The first kappa shape index (κ1) is 15.1. The summed E-state index contributed by atoms with van der Waals surface area (Å²) in [5.41, 5.74) is -0.00725. The van der Waals surface area contributed by atoms with Gasteiger partial charge in [0.1, 0.15) is 12.2 Å². The molecule has 0 aliphatic carbocycles. The summed E-state index contributed by atoms with van der Waals surface area (Å²) in [5, 5.41) is 6.30. The molecule has 8 nitrogen and oxygen atoms in total. The highest BCUT2D eigenvalue weighted by atomic mass is 32.2. The number of esters is 1. The van der Waals surface area contributed by atoms with Crippen LogP contribution in [0.25, 0.3) is 0 Å². The predicted octanol–water partition coefficient (Wildman–Crippen LogP) is 0.112. The molecular weight excluding hydrogens is 296 g/mol. The van der Waals surface area contributed by atoms with Crippen LogP contribution in [0.3, 0.4) is 0 Å². The maximum atomic E-state index is 12.2. The van der Waals surface area contributed by atoms with Gasteiger partial charge in [0.05, 0.1) is 17.6 Å². The Balaban J connectivity index is 2.14.